The second-order valence-corrected chi connectivity index (χ2v) is 11.7. The Hall–Kier alpha value is -3.06. The SMILES string of the molecule is Cc1cc(-c2ccc(C34CC5CC(CC(C5)C3)C4)cc2)cc2c1oc1c3ccccc3ccc21. The van der Waals surface area contributed by atoms with Gasteiger partial charge in [0.1, 0.15) is 11.2 Å². The molecule has 4 bridgehead atoms. The van der Waals surface area contributed by atoms with Crippen LogP contribution in [-0.4, -0.2) is 0 Å². The van der Waals surface area contributed by atoms with E-state index in [4.69, 9.17) is 4.42 Å². The smallest absolute Gasteiger partial charge is 0.143 e. The normalized spacial score (nSPS) is 27.9. The first-order valence-electron chi connectivity index (χ1n) is 13.1. The van der Waals surface area contributed by atoms with Crippen LogP contribution >= 0.6 is 0 Å². The minimum Gasteiger partial charge on any atom is -0.455 e. The molecule has 168 valence electrons. The molecule has 1 nitrogen and oxygen atoms in total. The van der Waals surface area contributed by atoms with E-state index >= 15 is 0 Å². The average Bonchev–Trinajstić information content (AvgIpc) is 3.23. The van der Waals surface area contributed by atoms with Gasteiger partial charge in [0.15, 0.2) is 0 Å². The number of hydrogen-bond acceptors (Lipinski definition) is 1. The molecule has 0 atom stereocenters. The van der Waals surface area contributed by atoms with E-state index in [1.807, 2.05) is 0 Å². The number of hydrogen-bond donors (Lipinski definition) is 0. The third-order valence-electron chi connectivity index (χ3n) is 9.52. The lowest BCUT2D eigenvalue weighted by molar-refractivity contribution is -0.00518. The number of aryl methyl sites for hydroxylation is 1. The lowest BCUT2D eigenvalue weighted by Gasteiger charge is -2.57. The van der Waals surface area contributed by atoms with Crippen molar-refractivity contribution in [3.63, 3.8) is 0 Å². The highest BCUT2D eigenvalue weighted by Gasteiger charge is 2.51. The largest absolute Gasteiger partial charge is 0.455 e. The van der Waals surface area contributed by atoms with Crippen molar-refractivity contribution in [1.29, 1.82) is 0 Å². The van der Waals surface area contributed by atoms with Gasteiger partial charge in [-0.15, -0.1) is 0 Å². The van der Waals surface area contributed by atoms with Crippen molar-refractivity contribution in [3.05, 3.63) is 83.9 Å². The fourth-order valence-electron chi connectivity index (χ4n) is 8.42. The maximum atomic E-state index is 6.44. The predicted octanol–water partition coefficient (Wildman–Crippen LogP) is 9.18. The zero-order valence-corrected chi connectivity index (χ0v) is 19.8. The van der Waals surface area contributed by atoms with Crippen molar-refractivity contribution in [3.8, 4) is 11.1 Å². The Labute approximate surface area is 200 Å². The fraction of sp³-hybridized carbons (Fsp3) is 0.333. The number of rotatable bonds is 2. The first kappa shape index (κ1) is 19.3. The molecule has 0 N–H and O–H groups in total. The van der Waals surface area contributed by atoms with E-state index in [-0.39, 0.29) is 0 Å². The Bertz CT molecular complexity index is 1550. The van der Waals surface area contributed by atoms with Gasteiger partial charge in [-0.2, -0.15) is 0 Å². The van der Waals surface area contributed by atoms with E-state index in [0.717, 1.165) is 28.9 Å². The molecular formula is C33H30O. The van der Waals surface area contributed by atoms with Crippen molar-refractivity contribution in [2.75, 3.05) is 0 Å². The summed E-state index contributed by atoms with van der Waals surface area (Å²) in [6.07, 6.45) is 8.80. The minimum absolute atomic E-state index is 0.467. The molecule has 4 fully saturated rings. The van der Waals surface area contributed by atoms with Gasteiger partial charge in [-0.05, 0) is 114 Å². The highest BCUT2D eigenvalue weighted by molar-refractivity contribution is 6.16. The Morgan fingerprint density at radius 2 is 1.35 bits per heavy atom. The first-order valence-corrected chi connectivity index (χ1v) is 13.1. The van der Waals surface area contributed by atoms with Gasteiger partial charge in [-0.3, -0.25) is 0 Å². The van der Waals surface area contributed by atoms with Crippen LogP contribution in [-0.2, 0) is 5.41 Å². The van der Waals surface area contributed by atoms with Crippen LogP contribution < -0.4 is 0 Å². The zero-order valence-electron chi connectivity index (χ0n) is 19.8. The van der Waals surface area contributed by atoms with Crippen LogP contribution in [0.5, 0.6) is 0 Å². The second kappa shape index (κ2) is 6.75. The van der Waals surface area contributed by atoms with Gasteiger partial charge in [0.25, 0.3) is 0 Å². The van der Waals surface area contributed by atoms with Crippen LogP contribution in [0.4, 0.5) is 0 Å². The van der Waals surface area contributed by atoms with Crippen LogP contribution in [0.1, 0.15) is 49.7 Å². The van der Waals surface area contributed by atoms with E-state index in [2.05, 4.69) is 79.7 Å². The Balaban J connectivity index is 1.22. The topological polar surface area (TPSA) is 13.1 Å². The highest BCUT2D eigenvalue weighted by Crippen LogP contribution is 2.60. The van der Waals surface area contributed by atoms with E-state index in [9.17, 15) is 0 Å². The molecule has 4 aliphatic carbocycles. The highest BCUT2D eigenvalue weighted by atomic mass is 16.3. The number of fused-ring (bicyclic) bond motifs is 5. The molecule has 4 aromatic carbocycles. The molecule has 5 aromatic rings. The number of benzene rings is 4. The summed E-state index contributed by atoms with van der Waals surface area (Å²) >= 11 is 0. The van der Waals surface area contributed by atoms with E-state index in [1.165, 1.54) is 76.8 Å². The van der Waals surface area contributed by atoms with Crippen molar-refractivity contribution >= 4 is 32.7 Å². The lowest BCUT2D eigenvalue weighted by Crippen LogP contribution is -2.48. The van der Waals surface area contributed by atoms with E-state index < -0.39 is 0 Å². The molecular weight excluding hydrogens is 412 g/mol. The summed E-state index contributed by atoms with van der Waals surface area (Å²) in [4.78, 5) is 0. The third-order valence-corrected chi connectivity index (χ3v) is 9.52. The molecule has 0 unspecified atom stereocenters. The van der Waals surface area contributed by atoms with Crippen molar-refractivity contribution in [1.82, 2.24) is 0 Å². The summed E-state index contributed by atoms with van der Waals surface area (Å²) in [7, 11) is 0. The van der Waals surface area contributed by atoms with E-state index in [0.29, 0.717) is 5.41 Å². The summed E-state index contributed by atoms with van der Waals surface area (Å²) in [6, 6.07) is 27.3. The van der Waals surface area contributed by atoms with Crippen molar-refractivity contribution < 1.29 is 4.42 Å². The molecule has 1 heteroatoms. The van der Waals surface area contributed by atoms with Gasteiger partial charge in [0, 0.05) is 16.2 Å². The zero-order chi connectivity index (χ0) is 22.4. The minimum atomic E-state index is 0.467. The Morgan fingerprint density at radius 3 is 2.09 bits per heavy atom. The third kappa shape index (κ3) is 2.67. The fourth-order valence-corrected chi connectivity index (χ4v) is 8.42. The van der Waals surface area contributed by atoms with Gasteiger partial charge in [0.2, 0.25) is 0 Å². The standard InChI is InChI=1S/C33H30O/c1-20-12-26(16-30-29-11-8-25-4-2-3-5-28(25)32(29)34-31(20)30)24-6-9-27(10-7-24)33-17-21-13-22(18-33)15-23(14-21)19-33/h2-12,16,21-23H,13-15,17-19H2,1H3. The van der Waals surface area contributed by atoms with Gasteiger partial charge in [0.05, 0.1) is 0 Å². The van der Waals surface area contributed by atoms with Crippen LogP contribution in [0, 0.1) is 24.7 Å². The Kier molecular flexibility index (Phi) is 3.83. The molecule has 0 saturated heterocycles. The molecule has 4 aliphatic rings. The second-order valence-electron chi connectivity index (χ2n) is 11.7. The summed E-state index contributed by atoms with van der Waals surface area (Å²) < 4.78 is 6.44. The molecule has 0 spiro atoms. The van der Waals surface area contributed by atoms with Gasteiger partial charge < -0.3 is 4.42 Å². The monoisotopic (exact) mass is 442 g/mol. The predicted molar refractivity (Wildman–Crippen MR) is 141 cm³/mol. The van der Waals surface area contributed by atoms with Gasteiger partial charge >= 0.3 is 0 Å². The lowest BCUT2D eigenvalue weighted by atomic mass is 9.48. The van der Waals surface area contributed by atoms with Crippen LogP contribution in [0.25, 0.3) is 43.8 Å². The Morgan fingerprint density at radius 1 is 0.647 bits per heavy atom. The van der Waals surface area contributed by atoms with Gasteiger partial charge in [-0.1, -0.05) is 54.6 Å². The van der Waals surface area contributed by atoms with Crippen molar-refractivity contribution in [2.24, 2.45) is 17.8 Å². The van der Waals surface area contributed by atoms with Crippen LogP contribution in [0.3, 0.4) is 0 Å². The summed E-state index contributed by atoms with van der Waals surface area (Å²) in [5.74, 6) is 2.96. The molecule has 4 saturated carbocycles. The molecule has 0 aliphatic heterocycles. The van der Waals surface area contributed by atoms with Crippen molar-refractivity contribution in [2.45, 2.75) is 50.9 Å². The molecule has 0 amide bonds. The number of furan rings is 1. The van der Waals surface area contributed by atoms with Gasteiger partial charge in [-0.25, -0.2) is 0 Å². The first-order chi connectivity index (χ1) is 16.6. The summed E-state index contributed by atoms with van der Waals surface area (Å²) in [6.45, 7) is 2.18. The quantitative estimate of drug-likeness (QED) is 0.265. The maximum Gasteiger partial charge on any atom is 0.143 e. The molecule has 9 rings (SSSR count). The molecule has 0 radical (unpaired) electrons. The van der Waals surface area contributed by atoms with Crippen LogP contribution in [0.2, 0.25) is 0 Å². The molecule has 1 aromatic heterocycles. The average molecular weight is 443 g/mol. The maximum absolute atomic E-state index is 6.44. The molecule has 34 heavy (non-hydrogen) atoms. The van der Waals surface area contributed by atoms with Crippen LogP contribution in [0.15, 0.2) is 77.2 Å². The van der Waals surface area contributed by atoms with E-state index in [1.54, 1.807) is 5.56 Å². The summed E-state index contributed by atoms with van der Waals surface area (Å²) in [5, 5.41) is 4.86. The molecule has 1 heterocycles. The summed E-state index contributed by atoms with van der Waals surface area (Å²) in [5.41, 5.74) is 7.90.